The summed E-state index contributed by atoms with van der Waals surface area (Å²) in [6.45, 7) is 5.79. The van der Waals surface area contributed by atoms with Crippen LogP contribution in [-0.4, -0.2) is 37.0 Å². The Balaban J connectivity index is 2.10. The van der Waals surface area contributed by atoms with Crippen molar-refractivity contribution in [1.82, 2.24) is 10.2 Å². The lowest BCUT2D eigenvalue weighted by Crippen LogP contribution is -2.41. The smallest absolute Gasteiger partial charge is 0.255 e. The predicted molar refractivity (Wildman–Crippen MR) is 90.9 cm³/mol. The summed E-state index contributed by atoms with van der Waals surface area (Å²) in [5.41, 5.74) is 0.595. The zero-order valence-electron chi connectivity index (χ0n) is 12.4. The number of carbonyl (C=O) groups excluding carboxylic acids is 1. The molecule has 5 heteroatoms. The SMILES string of the molecule is CCCN(CC1CCCNC1)C(=O)c1ccc(Br)cc1Cl. The Morgan fingerprint density at radius 3 is 2.95 bits per heavy atom. The van der Waals surface area contributed by atoms with Crippen LogP contribution in [0.3, 0.4) is 0 Å². The molecule has 1 aromatic rings. The van der Waals surface area contributed by atoms with Gasteiger partial charge in [0.25, 0.3) is 5.91 Å². The first-order valence-electron chi connectivity index (χ1n) is 7.57. The van der Waals surface area contributed by atoms with Gasteiger partial charge in [-0.05, 0) is 56.5 Å². The first kappa shape index (κ1) is 16.8. The molecule has 0 spiro atoms. The molecule has 0 radical (unpaired) electrons. The molecule has 1 aliphatic rings. The summed E-state index contributed by atoms with van der Waals surface area (Å²) in [6.07, 6.45) is 3.34. The molecule has 1 heterocycles. The zero-order valence-corrected chi connectivity index (χ0v) is 14.7. The molecule has 1 N–H and O–H groups in total. The fourth-order valence-electron chi connectivity index (χ4n) is 2.77. The Morgan fingerprint density at radius 1 is 1.52 bits per heavy atom. The molecule has 1 unspecified atom stereocenters. The van der Waals surface area contributed by atoms with Gasteiger partial charge in [-0.1, -0.05) is 34.5 Å². The lowest BCUT2D eigenvalue weighted by molar-refractivity contribution is 0.0719. The van der Waals surface area contributed by atoms with Gasteiger partial charge in [-0.2, -0.15) is 0 Å². The molecule has 1 aliphatic heterocycles. The maximum absolute atomic E-state index is 12.7. The second-order valence-electron chi connectivity index (χ2n) is 5.59. The average molecular weight is 374 g/mol. The third-order valence-electron chi connectivity index (χ3n) is 3.82. The van der Waals surface area contributed by atoms with E-state index in [-0.39, 0.29) is 5.91 Å². The van der Waals surface area contributed by atoms with Crippen LogP contribution in [0.2, 0.25) is 5.02 Å². The second-order valence-corrected chi connectivity index (χ2v) is 6.91. The van der Waals surface area contributed by atoms with Gasteiger partial charge in [0.1, 0.15) is 0 Å². The number of piperidine rings is 1. The number of benzene rings is 1. The van der Waals surface area contributed by atoms with Crippen molar-refractivity contribution in [2.24, 2.45) is 5.92 Å². The summed E-state index contributed by atoms with van der Waals surface area (Å²) in [4.78, 5) is 14.7. The number of halogens is 2. The van der Waals surface area contributed by atoms with Gasteiger partial charge in [0.05, 0.1) is 10.6 Å². The highest BCUT2D eigenvalue weighted by atomic mass is 79.9. The average Bonchev–Trinajstić information content (AvgIpc) is 2.47. The summed E-state index contributed by atoms with van der Waals surface area (Å²) in [5, 5.41) is 3.92. The Hall–Kier alpha value is -0.580. The summed E-state index contributed by atoms with van der Waals surface area (Å²) in [5.74, 6) is 0.586. The van der Waals surface area contributed by atoms with Crippen molar-refractivity contribution >= 4 is 33.4 Å². The molecule has 21 heavy (non-hydrogen) atoms. The number of nitrogens with one attached hydrogen (secondary N) is 1. The number of nitrogens with zero attached hydrogens (tertiary/aromatic N) is 1. The Labute approximate surface area is 140 Å². The minimum atomic E-state index is 0.0416. The molecule has 116 valence electrons. The monoisotopic (exact) mass is 372 g/mol. The molecule has 1 fully saturated rings. The van der Waals surface area contributed by atoms with E-state index in [1.165, 1.54) is 12.8 Å². The molecule has 2 rings (SSSR count). The quantitative estimate of drug-likeness (QED) is 0.847. The van der Waals surface area contributed by atoms with Gasteiger partial charge in [0, 0.05) is 17.6 Å². The topological polar surface area (TPSA) is 32.3 Å². The Morgan fingerprint density at radius 2 is 2.33 bits per heavy atom. The number of hydrogen-bond donors (Lipinski definition) is 1. The fourth-order valence-corrected chi connectivity index (χ4v) is 3.52. The van der Waals surface area contributed by atoms with Gasteiger partial charge in [0.2, 0.25) is 0 Å². The van der Waals surface area contributed by atoms with Crippen molar-refractivity contribution in [3.05, 3.63) is 33.3 Å². The van der Waals surface area contributed by atoms with Crippen LogP contribution in [-0.2, 0) is 0 Å². The summed E-state index contributed by atoms with van der Waals surface area (Å²) < 4.78 is 0.891. The van der Waals surface area contributed by atoms with E-state index in [1.807, 2.05) is 11.0 Å². The van der Waals surface area contributed by atoms with Crippen LogP contribution in [0.15, 0.2) is 22.7 Å². The number of rotatable bonds is 5. The van der Waals surface area contributed by atoms with Gasteiger partial charge in [0.15, 0.2) is 0 Å². The van der Waals surface area contributed by atoms with Crippen LogP contribution in [0.1, 0.15) is 36.5 Å². The van der Waals surface area contributed by atoms with Gasteiger partial charge < -0.3 is 10.2 Å². The molecule has 3 nitrogen and oxygen atoms in total. The Bertz CT molecular complexity index is 489. The minimum Gasteiger partial charge on any atom is -0.338 e. The summed E-state index contributed by atoms with van der Waals surface area (Å²) in [6, 6.07) is 5.45. The van der Waals surface area contributed by atoms with E-state index < -0.39 is 0 Å². The van der Waals surface area contributed by atoms with Crippen LogP contribution in [0.25, 0.3) is 0 Å². The van der Waals surface area contributed by atoms with Crippen molar-refractivity contribution < 1.29 is 4.79 Å². The normalized spacial score (nSPS) is 18.5. The van der Waals surface area contributed by atoms with E-state index in [2.05, 4.69) is 28.2 Å². The van der Waals surface area contributed by atoms with E-state index in [9.17, 15) is 4.79 Å². The van der Waals surface area contributed by atoms with E-state index >= 15 is 0 Å². The molecule has 0 aliphatic carbocycles. The second kappa shape index (κ2) is 8.16. The van der Waals surface area contributed by atoms with E-state index in [4.69, 9.17) is 11.6 Å². The zero-order chi connectivity index (χ0) is 15.2. The molecular formula is C16H22BrClN2O. The number of amides is 1. The molecule has 0 saturated carbocycles. The molecule has 0 bridgehead atoms. The van der Waals surface area contributed by atoms with E-state index in [0.29, 0.717) is 16.5 Å². The first-order valence-corrected chi connectivity index (χ1v) is 8.74. The summed E-state index contributed by atoms with van der Waals surface area (Å²) >= 11 is 9.60. The number of carbonyl (C=O) groups is 1. The van der Waals surface area contributed by atoms with Crippen LogP contribution < -0.4 is 5.32 Å². The van der Waals surface area contributed by atoms with Gasteiger partial charge in [-0.15, -0.1) is 0 Å². The van der Waals surface area contributed by atoms with E-state index in [1.54, 1.807) is 12.1 Å². The maximum atomic E-state index is 12.7. The third-order valence-corrected chi connectivity index (χ3v) is 4.63. The van der Waals surface area contributed by atoms with Crippen molar-refractivity contribution in [1.29, 1.82) is 0 Å². The van der Waals surface area contributed by atoms with Crippen molar-refractivity contribution in [3.63, 3.8) is 0 Å². The standard InChI is InChI=1S/C16H22BrClN2O/c1-2-8-20(11-12-4-3-7-19-10-12)16(21)14-6-5-13(17)9-15(14)18/h5-6,9,12,19H,2-4,7-8,10-11H2,1H3. The van der Waals surface area contributed by atoms with Crippen molar-refractivity contribution in [3.8, 4) is 0 Å². The molecule has 0 aromatic heterocycles. The fraction of sp³-hybridized carbons (Fsp3) is 0.562. The largest absolute Gasteiger partial charge is 0.338 e. The minimum absolute atomic E-state index is 0.0416. The molecule has 1 amide bonds. The first-order chi connectivity index (χ1) is 10.1. The highest BCUT2D eigenvalue weighted by Gasteiger charge is 2.22. The molecule has 1 aromatic carbocycles. The summed E-state index contributed by atoms with van der Waals surface area (Å²) in [7, 11) is 0. The maximum Gasteiger partial charge on any atom is 0.255 e. The van der Waals surface area contributed by atoms with Crippen LogP contribution in [0.4, 0.5) is 0 Å². The predicted octanol–water partition coefficient (Wildman–Crippen LogP) is 3.95. The van der Waals surface area contributed by atoms with E-state index in [0.717, 1.165) is 37.1 Å². The van der Waals surface area contributed by atoms with Crippen LogP contribution >= 0.6 is 27.5 Å². The molecule has 1 atom stereocenters. The lowest BCUT2D eigenvalue weighted by atomic mass is 9.98. The lowest BCUT2D eigenvalue weighted by Gasteiger charge is -2.30. The molecule has 1 saturated heterocycles. The number of hydrogen-bond acceptors (Lipinski definition) is 2. The van der Waals surface area contributed by atoms with Crippen LogP contribution in [0, 0.1) is 5.92 Å². The van der Waals surface area contributed by atoms with Crippen molar-refractivity contribution in [2.75, 3.05) is 26.2 Å². The van der Waals surface area contributed by atoms with Crippen molar-refractivity contribution in [2.45, 2.75) is 26.2 Å². The Kier molecular flexibility index (Phi) is 6.52. The van der Waals surface area contributed by atoms with Gasteiger partial charge in [-0.3, -0.25) is 4.79 Å². The van der Waals surface area contributed by atoms with Gasteiger partial charge in [-0.25, -0.2) is 0 Å². The highest BCUT2D eigenvalue weighted by Crippen LogP contribution is 2.23. The highest BCUT2D eigenvalue weighted by molar-refractivity contribution is 9.10. The third kappa shape index (κ3) is 4.70. The van der Waals surface area contributed by atoms with Gasteiger partial charge >= 0.3 is 0 Å². The molecular weight excluding hydrogens is 352 g/mol. The van der Waals surface area contributed by atoms with Crippen LogP contribution in [0.5, 0.6) is 0 Å².